The molecule has 2 heterocycles. The van der Waals surface area contributed by atoms with Gasteiger partial charge in [0.25, 0.3) is 0 Å². The van der Waals surface area contributed by atoms with Gasteiger partial charge >= 0.3 is 20.4 Å². The second kappa shape index (κ2) is 8.93. The van der Waals surface area contributed by atoms with E-state index >= 15 is 0 Å². The predicted molar refractivity (Wildman–Crippen MR) is 107 cm³/mol. The Hall–Kier alpha value is -2.80. The fourth-order valence-corrected chi connectivity index (χ4v) is 2.69. The summed E-state index contributed by atoms with van der Waals surface area (Å²) in [6.45, 7) is 4.04. The molecule has 2 aromatic carbocycles. The molecule has 4 aromatic rings. The van der Waals surface area contributed by atoms with Crippen LogP contribution in [0.2, 0.25) is 0 Å². The Bertz CT molecular complexity index is 973. The van der Waals surface area contributed by atoms with E-state index < -0.39 is 0 Å². The SMILES string of the molecule is Cc1ccc(-c2[c-]c(Oc3[c-]c(-c4ccc(C)cn4)ccc3)ccc2)nc1.[Pd+2]. The number of nitrogens with zero attached hydrogens (tertiary/aromatic N) is 2. The number of aryl methyl sites for hydroxylation is 2. The maximum Gasteiger partial charge on any atom is 2.00 e. The first-order valence-electron chi connectivity index (χ1n) is 8.76. The Labute approximate surface area is 179 Å². The standard InChI is InChI=1S/C24H18N2O.Pd/c1-17-9-11-23(25-15-17)19-5-3-7-21(13-19)27-22-8-4-6-20(14-22)24-12-10-18(2)16-26-24;/h3-12,15-16H,1-2H3;/q-2;+2. The summed E-state index contributed by atoms with van der Waals surface area (Å²) < 4.78 is 5.98. The molecule has 4 rings (SSSR count). The summed E-state index contributed by atoms with van der Waals surface area (Å²) in [4.78, 5) is 8.91. The van der Waals surface area contributed by atoms with Crippen LogP contribution in [0.1, 0.15) is 11.1 Å². The van der Waals surface area contributed by atoms with Crippen LogP contribution in [-0.2, 0) is 20.4 Å². The summed E-state index contributed by atoms with van der Waals surface area (Å²) in [5, 5.41) is 0. The van der Waals surface area contributed by atoms with E-state index in [-0.39, 0.29) is 20.4 Å². The molecule has 0 aliphatic carbocycles. The zero-order valence-electron chi connectivity index (χ0n) is 15.5. The van der Waals surface area contributed by atoms with Crippen LogP contribution >= 0.6 is 0 Å². The first kappa shape index (κ1) is 20.0. The maximum atomic E-state index is 5.98. The second-order valence-electron chi connectivity index (χ2n) is 6.40. The number of hydrogen-bond donors (Lipinski definition) is 0. The molecule has 2 aromatic heterocycles. The molecule has 0 unspecified atom stereocenters. The molecule has 0 amide bonds. The molecule has 0 radical (unpaired) electrons. The number of pyridine rings is 2. The van der Waals surface area contributed by atoms with E-state index in [4.69, 9.17) is 4.74 Å². The zero-order valence-corrected chi connectivity index (χ0v) is 17.1. The van der Waals surface area contributed by atoms with Gasteiger partial charge in [0, 0.05) is 23.9 Å². The van der Waals surface area contributed by atoms with Crippen molar-refractivity contribution in [2.24, 2.45) is 0 Å². The van der Waals surface area contributed by atoms with Gasteiger partial charge in [-0.15, -0.1) is 47.5 Å². The van der Waals surface area contributed by atoms with Crippen LogP contribution in [0, 0.1) is 26.0 Å². The van der Waals surface area contributed by atoms with Crippen molar-refractivity contribution in [2.45, 2.75) is 13.8 Å². The van der Waals surface area contributed by atoms with Gasteiger partial charge in [0.1, 0.15) is 0 Å². The Morgan fingerprint density at radius 3 is 1.50 bits per heavy atom. The van der Waals surface area contributed by atoms with Gasteiger partial charge in [0.15, 0.2) is 0 Å². The van der Waals surface area contributed by atoms with Crippen LogP contribution in [0.3, 0.4) is 0 Å². The summed E-state index contributed by atoms with van der Waals surface area (Å²) >= 11 is 0. The van der Waals surface area contributed by atoms with E-state index in [1.807, 2.05) is 86.9 Å². The second-order valence-corrected chi connectivity index (χ2v) is 6.40. The van der Waals surface area contributed by atoms with Crippen molar-refractivity contribution in [1.29, 1.82) is 0 Å². The van der Waals surface area contributed by atoms with Crippen molar-refractivity contribution >= 4 is 0 Å². The Morgan fingerprint density at radius 1 is 0.643 bits per heavy atom. The molecule has 0 spiro atoms. The third-order valence-corrected chi connectivity index (χ3v) is 4.13. The average Bonchev–Trinajstić information content (AvgIpc) is 2.69. The monoisotopic (exact) mass is 456 g/mol. The van der Waals surface area contributed by atoms with Crippen molar-refractivity contribution in [3.8, 4) is 34.0 Å². The smallest absolute Gasteiger partial charge is 0.497 e. The maximum absolute atomic E-state index is 5.98. The minimum absolute atomic E-state index is 0. The number of hydrogen-bond acceptors (Lipinski definition) is 3. The van der Waals surface area contributed by atoms with Gasteiger partial charge in [0.2, 0.25) is 0 Å². The molecule has 0 aliphatic rings. The van der Waals surface area contributed by atoms with Gasteiger partial charge in [-0.2, -0.15) is 0 Å². The molecule has 0 aliphatic heterocycles. The van der Waals surface area contributed by atoms with Crippen LogP contribution in [0.15, 0.2) is 73.1 Å². The first-order valence-corrected chi connectivity index (χ1v) is 8.76. The van der Waals surface area contributed by atoms with Crippen molar-refractivity contribution in [1.82, 2.24) is 9.97 Å². The molecular formula is C24H18N2OPd. The molecule has 0 fully saturated rings. The number of ether oxygens (including phenoxy) is 1. The summed E-state index contributed by atoms with van der Waals surface area (Å²) in [6.07, 6.45) is 3.70. The molecule has 3 nitrogen and oxygen atoms in total. The molecule has 28 heavy (non-hydrogen) atoms. The Kier molecular flexibility index (Phi) is 6.36. The largest absolute Gasteiger partial charge is 2.00 e. The van der Waals surface area contributed by atoms with Crippen molar-refractivity contribution in [3.05, 3.63) is 96.3 Å². The number of benzene rings is 2. The Balaban J connectivity index is 0.00000225. The molecule has 0 saturated carbocycles. The summed E-state index contributed by atoms with van der Waals surface area (Å²) in [7, 11) is 0. The zero-order chi connectivity index (χ0) is 18.6. The van der Waals surface area contributed by atoms with Gasteiger partial charge in [-0.25, -0.2) is 0 Å². The van der Waals surface area contributed by atoms with E-state index in [1.165, 1.54) is 0 Å². The topological polar surface area (TPSA) is 35.0 Å². The van der Waals surface area contributed by atoms with E-state index in [0.29, 0.717) is 11.5 Å². The van der Waals surface area contributed by atoms with Crippen LogP contribution in [0.25, 0.3) is 22.5 Å². The normalized spacial score (nSPS) is 10.2. The molecule has 0 atom stereocenters. The number of aromatic nitrogens is 2. The van der Waals surface area contributed by atoms with E-state index in [0.717, 1.165) is 33.6 Å². The number of rotatable bonds is 4. The molecule has 0 bridgehead atoms. The van der Waals surface area contributed by atoms with Crippen molar-refractivity contribution < 1.29 is 25.2 Å². The van der Waals surface area contributed by atoms with Crippen molar-refractivity contribution in [2.75, 3.05) is 0 Å². The summed E-state index contributed by atoms with van der Waals surface area (Å²) in [5.74, 6) is 1.25. The summed E-state index contributed by atoms with van der Waals surface area (Å²) in [5.41, 5.74) is 5.78. The van der Waals surface area contributed by atoms with E-state index in [9.17, 15) is 0 Å². The van der Waals surface area contributed by atoms with E-state index in [2.05, 4.69) is 22.1 Å². The van der Waals surface area contributed by atoms with Gasteiger partial charge in [-0.3, -0.25) is 0 Å². The van der Waals surface area contributed by atoms with Crippen LogP contribution in [0.4, 0.5) is 0 Å². The van der Waals surface area contributed by atoms with Gasteiger partial charge in [0.05, 0.1) is 0 Å². The molecule has 0 saturated heterocycles. The fraction of sp³-hybridized carbons (Fsp3) is 0.0833. The fourth-order valence-electron chi connectivity index (χ4n) is 2.69. The van der Waals surface area contributed by atoms with E-state index in [1.54, 1.807) is 0 Å². The third-order valence-electron chi connectivity index (χ3n) is 4.13. The van der Waals surface area contributed by atoms with Gasteiger partial charge in [-0.05, 0) is 36.4 Å². The third kappa shape index (κ3) is 4.72. The van der Waals surface area contributed by atoms with Crippen LogP contribution in [0.5, 0.6) is 11.5 Å². The summed E-state index contributed by atoms with van der Waals surface area (Å²) in [6, 6.07) is 26.2. The minimum Gasteiger partial charge on any atom is -0.497 e. The first-order chi connectivity index (χ1) is 13.2. The van der Waals surface area contributed by atoms with Crippen molar-refractivity contribution in [3.63, 3.8) is 0 Å². The Morgan fingerprint density at radius 2 is 1.11 bits per heavy atom. The quantitative estimate of drug-likeness (QED) is 0.287. The van der Waals surface area contributed by atoms with Crippen LogP contribution in [-0.4, -0.2) is 9.97 Å². The predicted octanol–water partition coefficient (Wildman–Crippen LogP) is 5.82. The molecule has 4 heteroatoms. The molecule has 0 N–H and O–H groups in total. The van der Waals surface area contributed by atoms with Gasteiger partial charge < -0.3 is 14.7 Å². The van der Waals surface area contributed by atoms with Gasteiger partial charge in [-0.1, -0.05) is 36.4 Å². The van der Waals surface area contributed by atoms with Crippen LogP contribution < -0.4 is 4.74 Å². The average molecular weight is 457 g/mol. The molecular weight excluding hydrogens is 439 g/mol. The molecule has 140 valence electrons. The minimum atomic E-state index is 0.